The highest BCUT2D eigenvalue weighted by atomic mass is 16.4. The van der Waals surface area contributed by atoms with Crippen LogP contribution in [0.25, 0.3) is 0 Å². The van der Waals surface area contributed by atoms with E-state index < -0.39 is 151 Å². The second kappa shape index (κ2) is 30.4. The average Bonchev–Trinajstić information content (AvgIpc) is 3.32. The highest BCUT2D eigenvalue weighted by molar-refractivity contribution is 5.99. The third-order valence-corrected chi connectivity index (χ3v) is 11.3. The molecule has 16 N–H and O–H groups in total. The number of hydrogen-bond donors (Lipinski definition) is 15. The highest BCUT2D eigenvalue weighted by Crippen LogP contribution is 2.14. The minimum atomic E-state index is -1.87. The predicted molar refractivity (Wildman–Crippen MR) is 263 cm³/mol. The number of carbonyl (C=O) groups excluding carboxylic acids is 9. The lowest BCUT2D eigenvalue weighted by Crippen LogP contribution is -2.62. The number of aliphatic hydroxyl groups is 2. The van der Waals surface area contributed by atoms with Crippen molar-refractivity contribution in [2.45, 2.75) is 147 Å². The summed E-state index contributed by atoms with van der Waals surface area (Å²) in [5.41, 5.74) is 6.44. The highest BCUT2D eigenvalue weighted by Gasteiger charge is 2.37. The fourth-order valence-electron chi connectivity index (χ4n) is 7.03. The van der Waals surface area contributed by atoms with Gasteiger partial charge in [0.1, 0.15) is 54.1 Å². The topological polar surface area (TPSA) is 423 Å². The summed E-state index contributed by atoms with van der Waals surface area (Å²) < 4.78 is 0. The SMILES string of the molecule is CC[C@H](C)[C@H](NC(=O)[C@H](C)NC(=O)[C@H](CC(=O)O)NC(=O)[C@H](C)NC(=O)[C@H](Cc1ccc(O)cc1)NC(C)C)C(=O)N[C@@H](Cc1ccccc1)C(=O)N[C@H](C(=O)N[C@@H](CC(N)=O)C(=O)N[C@@H](CO)C(=O)O)[C@@H](C)O. The van der Waals surface area contributed by atoms with Crippen LogP contribution in [0.5, 0.6) is 5.75 Å². The van der Waals surface area contributed by atoms with Crippen LogP contribution in [-0.2, 0) is 65.6 Å². The zero-order valence-electron chi connectivity index (χ0n) is 42.2. The van der Waals surface area contributed by atoms with Crippen LogP contribution in [0.1, 0.15) is 78.9 Å². The number of nitrogens with two attached hydrogens (primary N) is 1. The quantitative estimate of drug-likeness (QED) is 0.0346. The Morgan fingerprint density at radius 2 is 0.946 bits per heavy atom. The molecule has 26 nitrogen and oxygen atoms in total. The number of carboxylic acid groups (broad SMARTS) is 2. The number of aliphatic hydroxyl groups excluding tert-OH is 2. The molecule has 2 aromatic rings. The molecule has 9 amide bonds. The molecule has 0 saturated heterocycles. The molecule has 74 heavy (non-hydrogen) atoms. The number of carbonyl (C=O) groups is 11. The fourth-order valence-corrected chi connectivity index (χ4v) is 7.03. The summed E-state index contributed by atoms with van der Waals surface area (Å²) in [4.78, 5) is 143. The Morgan fingerprint density at radius 3 is 1.45 bits per heavy atom. The summed E-state index contributed by atoms with van der Waals surface area (Å²) in [6.07, 6.45) is -3.27. The van der Waals surface area contributed by atoms with Gasteiger partial charge < -0.3 is 79.1 Å². The first-order valence-electron chi connectivity index (χ1n) is 23.7. The smallest absolute Gasteiger partial charge is 0.328 e. The number of carboxylic acids is 2. The maximum Gasteiger partial charge on any atom is 0.328 e. The molecular formula is C48H70N10O16. The molecule has 26 heteroatoms. The molecular weight excluding hydrogens is 973 g/mol. The van der Waals surface area contributed by atoms with Gasteiger partial charge in [-0.3, -0.25) is 47.9 Å². The van der Waals surface area contributed by atoms with Crippen molar-refractivity contribution < 1.29 is 78.3 Å². The van der Waals surface area contributed by atoms with Crippen LogP contribution >= 0.6 is 0 Å². The molecule has 0 aromatic heterocycles. The van der Waals surface area contributed by atoms with E-state index in [0.29, 0.717) is 11.1 Å². The lowest BCUT2D eigenvalue weighted by Gasteiger charge is -2.29. The van der Waals surface area contributed by atoms with Gasteiger partial charge in [-0.1, -0.05) is 76.6 Å². The Hall–Kier alpha value is -7.71. The normalized spacial score (nSPS) is 15.5. The van der Waals surface area contributed by atoms with E-state index in [0.717, 1.165) is 6.92 Å². The van der Waals surface area contributed by atoms with Crippen LogP contribution in [-0.4, -0.2) is 164 Å². The van der Waals surface area contributed by atoms with Crippen LogP contribution in [0.3, 0.4) is 0 Å². The van der Waals surface area contributed by atoms with E-state index in [4.69, 9.17) is 5.73 Å². The first kappa shape index (κ1) is 62.4. The molecule has 0 fully saturated rings. The molecule has 0 aliphatic heterocycles. The van der Waals surface area contributed by atoms with Crippen LogP contribution < -0.4 is 53.6 Å². The first-order chi connectivity index (χ1) is 34.7. The van der Waals surface area contributed by atoms with E-state index in [1.54, 1.807) is 70.2 Å². The predicted octanol–water partition coefficient (Wildman–Crippen LogP) is -3.68. The number of hydrogen-bond acceptors (Lipinski definition) is 15. The molecule has 2 rings (SSSR count). The number of phenols is 1. The van der Waals surface area contributed by atoms with Gasteiger partial charge in [0.25, 0.3) is 0 Å². The van der Waals surface area contributed by atoms with Crippen molar-refractivity contribution in [3.63, 3.8) is 0 Å². The van der Waals surface area contributed by atoms with Gasteiger partial charge in [-0.15, -0.1) is 0 Å². The summed E-state index contributed by atoms with van der Waals surface area (Å²) in [6, 6.07) is 0.373. The van der Waals surface area contributed by atoms with Crippen LogP contribution in [0.15, 0.2) is 54.6 Å². The number of aromatic hydroxyl groups is 1. The lowest BCUT2D eigenvalue weighted by molar-refractivity contribution is -0.143. The largest absolute Gasteiger partial charge is 0.508 e. The number of rotatable bonds is 31. The number of nitrogens with one attached hydrogen (secondary N) is 9. The van der Waals surface area contributed by atoms with Gasteiger partial charge in [-0.05, 0) is 56.4 Å². The van der Waals surface area contributed by atoms with E-state index in [1.807, 2.05) is 5.32 Å². The Balaban J connectivity index is 2.29. The summed E-state index contributed by atoms with van der Waals surface area (Å²) >= 11 is 0. The van der Waals surface area contributed by atoms with Crippen molar-refractivity contribution in [3.05, 3.63) is 65.7 Å². The summed E-state index contributed by atoms with van der Waals surface area (Å²) in [5, 5.41) is 70.3. The van der Waals surface area contributed by atoms with Gasteiger partial charge in [0, 0.05) is 12.5 Å². The molecule has 0 unspecified atom stereocenters. The van der Waals surface area contributed by atoms with Gasteiger partial charge in [0.15, 0.2) is 0 Å². The van der Waals surface area contributed by atoms with Crippen molar-refractivity contribution in [3.8, 4) is 5.75 Å². The Labute approximate surface area is 427 Å². The van der Waals surface area contributed by atoms with Gasteiger partial charge in [0.05, 0.1) is 31.6 Å². The monoisotopic (exact) mass is 1040 g/mol. The molecule has 0 spiro atoms. The maximum absolute atomic E-state index is 14.1. The van der Waals surface area contributed by atoms with Crippen molar-refractivity contribution in [2.75, 3.05) is 6.61 Å². The zero-order chi connectivity index (χ0) is 56.0. The van der Waals surface area contributed by atoms with Crippen LogP contribution in [0, 0.1) is 5.92 Å². The molecule has 0 heterocycles. The third kappa shape index (κ3) is 21.2. The fraction of sp³-hybridized carbons (Fsp3) is 0.521. The second-order valence-electron chi connectivity index (χ2n) is 18.0. The standard InChI is InChI=1S/C48H70N10O16/c1-8-24(4)38(57-41(66)26(6)52-43(68)34(21-37(63)64)53-40(65)25(5)51-42(67)31(50-23(2)3)19-29-14-16-30(61)17-15-29)46(71)54-32(18-28-12-10-9-11-13-28)45(70)58-39(27(7)60)47(72)55-33(20-36(49)62)44(69)56-35(22-59)48(73)74/h9-17,23-27,31-35,38-39,50,59-61H,8,18-22H2,1-7H3,(H2,49,62)(H,51,67)(H,52,68)(H,53,65)(H,54,71)(H,55,72)(H,56,69)(H,57,66)(H,58,70)(H,63,64)(H,73,74)/t24-,25-,26-,27+,31-,32-,33-,34-,35-,38-,39-/m0/s1. The van der Waals surface area contributed by atoms with E-state index in [-0.39, 0.29) is 31.1 Å². The number of benzene rings is 2. The van der Waals surface area contributed by atoms with Gasteiger partial charge in [0.2, 0.25) is 53.2 Å². The van der Waals surface area contributed by atoms with E-state index in [9.17, 15) is 78.3 Å². The molecule has 0 aliphatic carbocycles. The third-order valence-electron chi connectivity index (χ3n) is 11.3. The van der Waals surface area contributed by atoms with Gasteiger partial charge >= 0.3 is 11.9 Å². The summed E-state index contributed by atoms with van der Waals surface area (Å²) in [5.74, 6) is -12.9. The number of aliphatic carboxylic acids is 2. The van der Waals surface area contributed by atoms with Crippen LogP contribution in [0.4, 0.5) is 0 Å². The Kier molecular flexibility index (Phi) is 25.6. The summed E-state index contributed by atoms with van der Waals surface area (Å²) in [6.45, 7) is 9.48. The molecule has 0 bridgehead atoms. The second-order valence-corrected chi connectivity index (χ2v) is 18.0. The Bertz CT molecular complexity index is 2280. The molecule has 0 saturated carbocycles. The average molecular weight is 1040 g/mol. The lowest BCUT2D eigenvalue weighted by atomic mass is 9.96. The first-order valence-corrected chi connectivity index (χ1v) is 23.7. The summed E-state index contributed by atoms with van der Waals surface area (Å²) in [7, 11) is 0. The minimum absolute atomic E-state index is 0.0285. The number of primary amides is 1. The van der Waals surface area contributed by atoms with Crippen molar-refractivity contribution >= 4 is 65.1 Å². The van der Waals surface area contributed by atoms with E-state index >= 15 is 0 Å². The van der Waals surface area contributed by atoms with Crippen molar-refractivity contribution in [2.24, 2.45) is 11.7 Å². The molecule has 408 valence electrons. The zero-order valence-corrected chi connectivity index (χ0v) is 42.2. The molecule has 11 atom stereocenters. The minimum Gasteiger partial charge on any atom is -0.508 e. The van der Waals surface area contributed by atoms with Crippen molar-refractivity contribution in [1.82, 2.24) is 47.9 Å². The van der Waals surface area contributed by atoms with E-state index in [2.05, 4.69) is 42.5 Å². The van der Waals surface area contributed by atoms with Crippen molar-refractivity contribution in [1.29, 1.82) is 0 Å². The Morgan fingerprint density at radius 1 is 0.514 bits per heavy atom. The van der Waals surface area contributed by atoms with Gasteiger partial charge in [-0.25, -0.2) is 4.79 Å². The number of amides is 9. The molecule has 2 aromatic carbocycles. The number of phenolic OH excluding ortho intramolecular Hbond substituents is 1. The molecule has 0 radical (unpaired) electrons. The van der Waals surface area contributed by atoms with Gasteiger partial charge in [-0.2, -0.15) is 0 Å². The molecule has 0 aliphatic rings. The van der Waals surface area contributed by atoms with E-state index in [1.165, 1.54) is 26.0 Å². The van der Waals surface area contributed by atoms with Crippen LogP contribution in [0.2, 0.25) is 0 Å². The maximum atomic E-state index is 14.1.